The lowest BCUT2D eigenvalue weighted by atomic mass is 9.99. The van der Waals surface area contributed by atoms with Crippen molar-refractivity contribution in [3.63, 3.8) is 0 Å². The maximum atomic E-state index is 12.7. The molecule has 1 aromatic rings. The summed E-state index contributed by atoms with van der Waals surface area (Å²) in [5.41, 5.74) is -0.915. The van der Waals surface area contributed by atoms with Crippen LogP contribution < -0.4 is 4.74 Å². The largest absolute Gasteiger partial charge is 0.478 e. The number of aliphatic hydroxyl groups is 2. The number of alkyl halides is 3. The first-order chi connectivity index (χ1) is 9.20. The van der Waals surface area contributed by atoms with Gasteiger partial charge in [0, 0.05) is 11.1 Å². The SMILES string of the molecule is O=C(O)C1=Cc2cc(C(O)O)ccc2OC1C(F)(F)F. The number of aliphatic hydroxyl groups excluding tert-OH is 1. The maximum Gasteiger partial charge on any atom is 0.430 e. The lowest BCUT2D eigenvalue weighted by molar-refractivity contribution is -0.187. The minimum atomic E-state index is -4.86. The number of carbonyl (C=O) groups is 1. The molecule has 8 heteroatoms. The molecule has 1 aliphatic rings. The van der Waals surface area contributed by atoms with E-state index >= 15 is 0 Å². The Hall–Kier alpha value is -2.06. The van der Waals surface area contributed by atoms with Gasteiger partial charge in [-0.1, -0.05) is 6.07 Å². The van der Waals surface area contributed by atoms with Gasteiger partial charge in [-0.3, -0.25) is 0 Å². The summed E-state index contributed by atoms with van der Waals surface area (Å²) in [6, 6.07) is 3.45. The Balaban J connectivity index is 2.51. The first-order valence-electron chi connectivity index (χ1n) is 5.38. The number of carboxylic acid groups (broad SMARTS) is 1. The number of fused-ring (bicyclic) bond motifs is 1. The molecule has 0 saturated heterocycles. The molecule has 1 aromatic carbocycles. The molecule has 1 aliphatic heterocycles. The van der Waals surface area contributed by atoms with Crippen LogP contribution in [0.1, 0.15) is 17.4 Å². The van der Waals surface area contributed by atoms with Gasteiger partial charge in [0.2, 0.25) is 6.10 Å². The van der Waals surface area contributed by atoms with E-state index < -0.39 is 30.1 Å². The quantitative estimate of drug-likeness (QED) is 0.718. The van der Waals surface area contributed by atoms with E-state index in [4.69, 9.17) is 15.3 Å². The zero-order valence-electron chi connectivity index (χ0n) is 9.76. The predicted molar refractivity (Wildman–Crippen MR) is 59.7 cm³/mol. The molecule has 1 atom stereocenters. The van der Waals surface area contributed by atoms with Crippen LogP contribution in [0.4, 0.5) is 13.2 Å². The molecule has 0 spiro atoms. The van der Waals surface area contributed by atoms with Crippen molar-refractivity contribution in [1.82, 2.24) is 0 Å². The van der Waals surface area contributed by atoms with Crippen LogP contribution in [0.2, 0.25) is 0 Å². The van der Waals surface area contributed by atoms with Crippen LogP contribution in [0, 0.1) is 0 Å². The van der Waals surface area contributed by atoms with Crippen molar-refractivity contribution in [2.75, 3.05) is 0 Å². The highest BCUT2D eigenvalue weighted by atomic mass is 19.4. The Labute approximate surface area is 110 Å². The number of benzene rings is 1. The smallest absolute Gasteiger partial charge is 0.430 e. The Bertz CT molecular complexity index is 577. The van der Waals surface area contributed by atoms with E-state index in [-0.39, 0.29) is 16.9 Å². The van der Waals surface area contributed by atoms with Gasteiger partial charge in [-0.2, -0.15) is 13.2 Å². The molecule has 1 heterocycles. The molecule has 0 aliphatic carbocycles. The third-order valence-corrected chi connectivity index (χ3v) is 2.71. The molecule has 0 amide bonds. The number of carboxylic acids is 1. The molecule has 1 unspecified atom stereocenters. The van der Waals surface area contributed by atoms with Gasteiger partial charge < -0.3 is 20.1 Å². The molecule has 0 aromatic heterocycles. The Kier molecular flexibility index (Phi) is 3.45. The molecule has 0 saturated carbocycles. The fraction of sp³-hybridized carbons (Fsp3) is 0.250. The standard InChI is InChI=1S/C12H9F3O5/c13-12(14,15)9-7(11(18)19)4-6-3-5(10(16)17)1-2-8(6)20-9/h1-4,9-10,16-17H,(H,18,19). The van der Waals surface area contributed by atoms with Gasteiger partial charge in [-0.15, -0.1) is 0 Å². The summed E-state index contributed by atoms with van der Waals surface area (Å²) in [6.45, 7) is 0. The van der Waals surface area contributed by atoms with Crippen molar-refractivity contribution >= 4 is 12.0 Å². The lowest BCUT2D eigenvalue weighted by Gasteiger charge is -2.27. The van der Waals surface area contributed by atoms with Crippen molar-refractivity contribution in [3.8, 4) is 5.75 Å². The molecule has 108 valence electrons. The summed E-state index contributed by atoms with van der Waals surface area (Å²) in [4.78, 5) is 10.9. The molecule has 5 nitrogen and oxygen atoms in total. The van der Waals surface area contributed by atoms with Gasteiger partial charge in [0.05, 0.1) is 5.57 Å². The molecule has 0 bridgehead atoms. The fourth-order valence-corrected chi connectivity index (χ4v) is 1.80. The Morgan fingerprint density at radius 1 is 1.30 bits per heavy atom. The second kappa shape index (κ2) is 4.80. The summed E-state index contributed by atoms with van der Waals surface area (Å²) in [5.74, 6) is -1.94. The molecular weight excluding hydrogens is 281 g/mol. The highest BCUT2D eigenvalue weighted by molar-refractivity contribution is 5.95. The normalized spacial score (nSPS) is 18.3. The summed E-state index contributed by atoms with van der Waals surface area (Å²) in [5, 5.41) is 26.8. The van der Waals surface area contributed by atoms with Gasteiger partial charge in [0.15, 0.2) is 6.29 Å². The van der Waals surface area contributed by atoms with Crippen LogP contribution in [0.25, 0.3) is 6.08 Å². The molecule has 0 radical (unpaired) electrons. The predicted octanol–water partition coefficient (Wildman–Crippen LogP) is 1.46. The second-order valence-electron chi connectivity index (χ2n) is 4.12. The number of hydrogen-bond acceptors (Lipinski definition) is 4. The van der Waals surface area contributed by atoms with E-state index in [1.54, 1.807) is 0 Å². The van der Waals surface area contributed by atoms with E-state index in [1.165, 1.54) is 6.07 Å². The van der Waals surface area contributed by atoms with Crippen molar-refractivity contribution in [3.05, 3.63) is 34.9 Å². The number of ether oxygens (including phenoxy) is 1. The Morgan fingerprint density at radius 2 is 1.95 bits per heavy atom. The summed E-state index contributed by atoms with van der Waals surface area (Å²) < 4.78 is 42.9. The number of halogens is 3. The third kappa shape index (κ3) is 2.61. The minimum absolute atomic E-state index is 0.0128. The zero-order chi connectivity index (χ0) is 15.1. The van der Waals surface area contributed by atoms with Gasteiger partial charge in [-0.25, -0.2) is 4.79 Å². The van der Waals surface area contributed by atoms with Crippen molar-refractivity contribution in [1.29, 1.82) is 0 Å². The first-order valence-corrected chi connectivity index (χ1v) is 5.38. The first kappa shape index (κ1) is 14.4. The van der Waals surface area contributed by atoms with Gasteiger partial charge in [-0.05, 0) is 18.2 Å². The van der Waals surface area contributed by atoms with E-state index in [0.717, 1.165) is 18.2 Å². The monoisotopic (exact) mass is 290 g/mol. The van der Waals surface area contributed by atoms with Gasteiger partial charge >= 0.3 is 12.1 Å². The number of rotatable bonds is 2. The second-order valence-corrected chi connectivity index (χ2v) is 4.12. The summed E-state index contributed by atoms with van der Waals surface area (Å²) in [7, 11) is 0. The van der Waals surface area contributed by atoms with Crippen molar-refractivity contribution in [2.24, 2.45) is 0 Å². The van der Waals surface area contributed by atoms with E-state index in [1.807, 2.05) is 0 Å². The molecule has 3 N–H and O–H groups in total. The highest BCUT2D eigenvalue weighted by Crippen LogP contribution is 2.37. The fourth-order valence-electron chi connectivity index (χ4n) is 1.80. The van der Waals surface area contributed by atoms with Crippen LogP contribution >= 0.6 is 0 Å². The van der Waals surface area contributed by atoms with Gasteiger partial charge in [0.25, 0.3) is 0 Å². The number of aliphatic carboxylic acids is 1. The van der Waals surface area contributed by atoms with Crippen molar-refractivity contribution in [2.45, 2.75) is 18.6 Å². The van der Waals surface area contributed by atoms with Gasteiger partial charge in [0.1, 0.15) is 5.75 Å². The number of hydrogen-bond donors (Lipinski definition) is 3. The van der Waals surface area contributed by atoms with Crippen LogP contribution in [0.15, 0.2) is 23.8 Å². The van der Waals surface area contributed by atoms with Crippen LogP contribution in [0.5, 0.6) is 5.75 Å². The topological polar surface area (TPSA) is 87.0 Å². The molecular formula is C12H9F3O5. The summed E-state index contributed by atoms with van der Waals surface area (Å²) in [6.07, 6.45) is -8.43. The van der Waals surface area contributed by atoms with Crippen LogP contribution in [0.3, 0.4) is 0 Å². The molecule has 2 rings (SSSR count). The Morgan fingerprint density at radius 3 is 2.45 bits per heavy atom. The lowest BCUT2D eigenvalue weighted by Crippen LogP contribution is -2.40. The molecule has 20 heavy (non-hydrogen) atoms. The average molecular weight is 290 g/mol. The average Bonchev–Trinajstić information content (AvgIpc) is 2.35. The summed E-state index contributed by atoms with van der Waals surface area (Å²) >= 11 is 0. The maximum absolute atomic E-state index is 12.7. The molecule has 0 fully saturated rings. The van der Waals surface area contributed by atoms with E-state index in [9.17, 15) is 18.0 Å². The third-order valence-electron chi connectivity index (χ3n) is 2.71. The van der Waals surface area contributed by atoms with E-state index in [0.29, 0.717) is 0 Å². The van der Waals surface area contributed by atoms with E-state index in [2.05, 4.69) is 4.74 Å². The van der Waals surface area contributed by atoms with Crippen molar-refractivity contribution < 1.29 is 38.0 Å². The van der Waals surface area contributed by atoms with Crippen LogP contribution in [-0.4, -0.2) is 33.6 Å². The zero-order valence-corrected chi connectivity index (χ0v) is 9.76. The van der Waals surface area contributed by atoms with Crippen LogP contribution in [-0.2, 0) is 4.79 Å². The highest BCUT2D eigenvalue weighted by Gasteiger charge is 2.48. The minimum Gasteiger partial charge on any atom is -0.478 e.